The number of unbranched alkanes of at least 4 members (excludes halogenated alkanes) is 2. The SMILES string of the molecule is NCCCC[C@H](N)C(=O)NCCCCC(=O)N(C[C@H]1CN(c2ccc(N3CCOCC3=O)cc2)C(=O)O1)C(=O)c1ccc(Cl)s1. The highest BCUT2D eigenvalue weighted by Gasteiger charge is 2.36. The van der Waals surface area contributed by atoms with Gasteiger partial charge >= 0.3 is 6.09 Å². The third kappa shape index (κ3) is 9.47. The number of carbonyl (C=O) groups is 5. The van der Waals surface area contributed by atoms with Crippen LogP contribution in [0.4, 0.5) is 16.2 Å². The minimum Gasteiger partial charge on any atom is -0.442 e. The van der Waals surface area contributed by atoms with Crippen LogP contribution in [0.15, 0.2) is 36.4 Å². The summed E-state index contributed by atoms with van der Waals surface area (Å²) in [6.45, 7) is 1.79. The number of nitrogens with two attached hydrogens (primary N) is 2. The molecule has 0 spiro atoms. The number of cyclic esters (lactones) is 1. The van der Waals surface area contributed by atoms with Crippen molar-refractivity contribution in [3.8, 4) is 0 Å². The molecule has 4 rings (SSSR count). The number of benzene rings is 1. The molecule has 2 aliphatic rings. The zero-order chi connectivity index (χ0) is 32.3. The number of imide groups is 1. The fourth-order valence-corrected chi connectivity index (χ4v) is 6.01. The van der Waals surface area contributed by atoms with Crippen LogP contribution in [0.1, 0.15) is 48.2 Å². The summed E-state index contributed by atoms with van der Waals surface area (Å²) < 4.78 is 11.1. The van der Waals surface area contributed by atoms with Gasteiger partial charge in [-0.3, -0.25) is 29.0 Å². The average molecular weight is 663 g/mol. The molecule has 2 saturated heterocycles. The highest BCUT2D eigenvalue weighted by Crippen LogP contribution is 2.27. The predicted octanol–water partition coefficient (Wildman–Crippen LogP) is 2.50. The molecule has 3 heterocycles. The number of anilines is 2. The maximum atomic E-state index is 13.4. The zero-order valence-electron chi connectivity index (χ0n) is 25.0. The van der Waals surface area contributed by atoms with Crippen molar-refractivity contribution < 1.29 is 33.4 Å². The summed E-state index contributed by atoms with van der Waals surface area (Å²) >= 11 is 7.10. The van der Waals surface area contributed by atoms with E-state index in [4.69, 9.17) is 32.5 Å². The van der Waals surface area contributed by atoms with Crippen LogP contribution in [-0.4, -0.2) is 92.7 Å². The summed E-state index contributed by atoms with van der Waals surface area (Å²) in [6, 6.07) is 9.45. The lowest BCUT2D eigenvalue weighted by Gasteiger charge is -2.27. The first kappa shape index (κ1) is 34.3. The van der Waals surface area contributed by atoms with Gasteiger partial charge in [-0.2, -0.15) is 0 Å². The van der Waals surface area contributed by atoms with Crippen molar-refractivity contribution in [3.63, 3.8) is 0 Å². The lowest BCUT2D eigenvalue weighted by atomic mass is 10.1. The Morgan fingerprint density at radius 3 is 2.44 bits per heavy atom. The number of carbonyl (C=O) groups excluding carboxylic acids is 5. The molecule has 5 N–H and O–H groups in total. The van der Waals surface area contributed by atoms with E-state index in [1.807, 2.05) is 0 Å². The van der Waals surface area contributed by atoms with Crippen molar-refractivity contribution in [1.29, 1.82) is 0 Å². The van der Waals surface area contributed by atoms with Crippen LogP contribution >= 0.6 is 22.9 Å². The van der Waals surface area contributed by atoms with E-state index in [-0.39, 0.29) is 37.9 Å². The maximum absolute atomic E-state index is 13.4. The van der Waals surface area contributed by atoms with Gasteiger partial charge in [0.1, 0.15) is 12.7 Å². The van der Waals surface area contributed by atoms with Gasteiger partial charge in [-0.25, -0.2) is 4.79 Å². The van der Waals surface area contributed by atoms with Gasteiger partial charge in [-0.15, -0.1) is 11.3 Å². The molecule has 0 saturated carbocycles. The first-order valence-corrected chi connectivity index (χ1v) is 16.2. The standard InChI is InChI=1S/C30H39ClN6O7S/c31-25-12-11-24(45-25)29(41)37(26(38)6-2-4-14-34-28(40)23(33)5-1-3-13-32)18-22-17-36(30(42)44-22)21-9-7-20(8-10-21)35-15-16-43-19-27(35)39/h7-12,22-23H,1-6,13-19,32-33H2,(H,34,40)/t22-,23+/m1/s1. The van der Waals surface area contributed by atoms with E-state index in [0.29, 0.717) is 66.1 Å². The molecule has 13 nitrogen and oxygen atoms in total. The van der Waals surface area contributed by atoms with E-state index in [2.05, 4.69) is 5.32 Å². The second kappa shape index (κ2) is 16.7. The number of amides is 5. The van der Waals surface area contributed by atoms with Crippen LogP contribution in [0.5, 0.6) is 0 Å². The van der Waals surface area contributed by atoms with E-state index in [1.54, 1.807) is 41.3 Å². The Balaban J connectivity index is 1.33. The zero-order valence-corrected chi connectivity index (χ0v) is 26.5. The van der Waals surface area contributed by atoms with Crippen molar-refractivity contribution in [3.05, 3.63) is 45.6 Å². The Kier molecular flexibility index (Phi) is 12.7. The minimum absolute atomic E-state index is 0.0226. The first-order valence-electron chi connectivity index (χ1n) is 15.0. The molecule has 0 radical (unpaired) electrons. The van der Waals surface area contributed by atoms with Crippen LogP contribution in [-0.2, 0) is 23.9 Å². The van der Waals surface area contributed by atoms with Crippen LogP contribution in [0.3, 0.4) is 0 Å². The number of nitrogens with zero attached hydrogens (tertiary/aromatic N) is 3. The third-order valence-corrected chi connectivity index (χ3v) is 8.69. The molecular formula is C30H39ClN6O7S. The molecule has 45 heavy (non-hydrogen) atoms. The van der Waals surface area contributed by atoms with Gasteiger partial charge in [0, 0.05) is 30.9 Å². The number of rotatable bonds is 15. The van der Waals surface area contributed by atoms with E-state index >= 15 is 0 Å². The van der Waals surface area contributed by atoms with Crippen LogP contribution in [0.25, 0.3) is 0 Å². The first-order chi connectivity index (χ1) is 21.7. The molecular weight excluding hydrogens is 624 g/mol. The molecule has 0 bridgehead atoms. The fourth-order valence-electron chi connectivity index (χ4n) is 5.01. The van der Waals surface area contributed by atoms with Gasteiger partial charge in [0.05, 0.1) is 35.0 Å². The number of thiophene rings is 1. The van der Waals surface area contributed by atoms with Gasteiger partial charge in [-0.1, -0.05) is 18.0 Å². The van der Waals surface area contributed by atoms with Crippen molar-refractivity contribution >= 4 is 64.0 Å². The van der Waals surface area contributed by atoms with E-state index in [1.165, 1.54) is 4.90 Å². The highest BCUT2D eigenvalue weighted by atomic mass is 35.5. The Morgan fingerprint density at radius 2 is 1.78 bits per heavy atom. The lowest BCUT2D eigenvalue weighted by molar-refractivity contribution is -0.129. The Hall–Kier alpha value is -3.56. The highest BCUT2D eigenvalue weighted by molar-refractivity contribution is 7.18. The Bertz CT molecular complexity index is 1360. The van der Waals surface area contributed by atoms with Crippen LogP contribution < -0.4 is 26.6 Å². The summed E-state index contributed by atoms with van der Waals surface area (Å²) in [5.74, 6) is -1.34. The quantitative estimate of drug-likeness (QED) is 0.242. The second-order valence-electron chi connectivity index (χ2n) is 10.8. The molecule has 0 unspecified atom stereocenters. The Morgan fingerprint density at radius 1 is 1.04 bits per heavy atom. The van der Waals surface area contributed by atoms with Gasteiger partial charge in [-0.05, 0) is 68.6 Å². The number of ether oxygens (including phenoxy) is 2. The summed E-state index contributed by atoms with van der Waals surface area (Å²) in [6.07, 6.45) is 1.75. The lowest BCUT2D eigenvalue weighted by Crippen LogP contribution is -2.43. The van der Waals surface area contributed by atoms with E-state index in [0.717, 1.165) is 29.1 Å². The van der Waals surface area contributed by atoms with Gasteiger partial charge in [0.2, 0.25) is 11.8 Å². The smallest absolute Gasteiger partial charge is 0.414 e. The number of nitrogens with one attached hydrogen (secondary N) is 1. The molecule has 2 aliphatic heterocycles. The molecule has 244 valence electrons. The number of hydrogen-bond acceptors (Lipinski definition) is 10. The van der Waals surface area contributed by atoms with E-state index < -0.39 is 30.1 Å². The van der Waals surface area contributed by atoms with Crippen LogP contribution in [0.2, 0.25) is 4.34 Å². The van der Waals surface area contributed by atoms with Crippen molar-refractivity contribution in [1.82, 2.24) is 10.2 Å². The molecule has 1 aromatic heterocycles. The second-order valence-corrected chi connectivity index (χ2v) is 12.5. The van der Waals surface area contributed by atoms with Crippen molar-refractivity contribution in [2.24, 2.45) is 11.5 Å². The normalized spacial score (nSPS) is 17.3. The number of halogens is 1. The third-order valence-electron chi connectivity index (χ3n) is 7.47. The van der Waals surface area contributed by atoms with Gasteiger partial charge in [0.15, 0.2) is 0 Å². The maximum Gasteiger partial charge on any atom is 0.414 e. The minimum atomic E-state index is -0.763. The topological polar surface area (TPSA) is 178 Å². The van der Waals surface area contributed by atoms with Crippen molar-refractivity contribution in [2.75, 3.05) is 55.7 Å². The summed E-state index contributed by atoms with van der Waals surface area (Å²) in [5, 5.41) is 2.78. The largest absolute Gasteiger partial charge is 0.442 e. The molecule has 5 amide bonds. The molecule has 0 aliphatic carbocycles. The molecule has 2 atom stereocenters. The van der Waals surface area contributed by atoms with Gasteiger partial charge in [0.25, 0.3) is 11.8 Å². The summed E-state index contributed by atoms with van der Waals surface area (Å²) in [7, 11) is 0. The fraction of sp³-hybridized carbons (Fsp3) is 0.500. The molecule has 2 fully saturated rings. The van der Waals surface area contributed by atoms with Crippen LogP contribution in [0, 0.1) is 0 Å². The summed E-state index contributed by atoms with van der Waals surface area (Å²) in [5.41, 5.74) is 12.6. The molecule has 15 heteroatoms. The average Bonchev–Trinajstić information content (AvgIpc) is 3.64. The molecule has 1 aromatic carbocycles. The number of morpholine rings is 1. The number of hydrogen-bond donors (Lipinski definition) is 3. The summed E-state index contributed by atoms with van der Waals surface area (Å²) in [4.78, 5) is 68.3. The Labute approximate surface area is 270 Å². The molecule has 2 aromatic rings. The van der Waals surface area contributed by atoms with E-state index in [9.17, 15) is 24.0 Å². The van der Waals surface area contributed by atoms with Gasteiger partial charge < -0.3 is 31.2 Å². The monoisotopic (exact) mass is 662 g/mol. The van der Waals surface area contributed by atoms with Crippen molar-refractivity contribution in [2.45, 2.75) is 50.7 Å². The predicted molar refractivity (Wildman–Crippen MR) is 170 cm³/mol.